The summed E-state index contributed by atoms with van der Waals surface area (Å²) >= 11 is 0. The first kappa shape index (κ1) is 18.9. The Balaban J connectivity index is 1.27. The lowest BCUT2D eigenvalue weighted by atomic mass is 9.76. The van der Waals surface area contributed by atoms with E-state index in [1.54, 1.807) is 22.9 Å². The van der Waals surface area contributed by atoms with E-state index in [-0.39, 0.29) is 17.9 Å². The van der Waals surface area contributed by atoms with Crippen LogP contribution in [0.2, 0.25) is 0 Å². The smallest absolute Gasteiger partial charge is 0.230 e. The van der Waals surface area contributed by atoms with Gasteiger partial charge in [0.2, 0.25) is 11.8 Å². The van der Waals surface area contributed by atoms with Gasteiger partial charge in [0, 0.05) is 13.1 Å². The minimum Gasteiger partial charge on any atom is -0.492 e. The Hall–Kier alpha value is -3.13. The third kappa shape index (κ3) is 3.08. The predicted octanol–water partition coefficient (Wildman–Crippen LogP) is 1.49. The molecule has 156 valence electrons. The molecular formula is C22H23N3O5. The first-order valence-electron chi connectivity index (χ1n) is 10.1. The van der Waals surface area contributed by atoms with E-state index in [2.05, 4.69) is 5.16 Å². The molecule has 4 atom stereocenters. The van der Waals surface area contributed by atoms with Crippen LogP contribution in [0.3, 0.4) is 0 Å². The summed E-state index contributed by atoms with van der Waals surface area (Å²) in [5.41, 5.74) is -0.0542. The molecule has 0 aliphatic carbocycles. The summed E-state index contributed by atoms with van der Waals surface area (Å²) in [5.74, 6) is -0.431. The van der Waals surface area contributed by atoms with Gasteiger partial charge in [-0.3, -0.25) is 9.59 Å². The standard InChI is InChI=1S/C22H23N3O5/c1-24(13-15-8-11-29-23-15)20(26)18-17-7-9-22(30-17)14-25(21(27)19(18)22)10-12-28-16-5-3-2-4-6-16/h2-9,11,17-19H,10,12-14H2,1H3/t17-,18+,19+,22-/m0/s1. The van der Waals surface area contributed by atoms with Crippen molar-refractivity contribution in [3.05, 3.63) is 60.5 Å². The summed E-state index contributed by atoms with van der Waals surface area (Å²) in [6.07, 6.45) is 4.98. The molecule has 0 unspecified atom stereocenters. The molecule has 8 heteroatoms. The predicted molar refractivity (Wildman–Crippen MR) is 105 cm³/mol. The molecule has 1 spiro atoms. The van der Waals surface area contributed by atoms with Gasteiger partial charge in [-0.2, -0.15) is 0 Å². The van der Waals surface area contributed by atoms with Crippen molar-refractivity contribution in [2.45, 2.75) is 18.2 Å². The Labute approximate surface area is 174 Å². The molecule has 5 rings (SSSR count). The van der Waals surface area contributed by atoms with Gasteiger partial charge in [-0.15, -0.1) is 0 Å². The molecular weight excluding hydrogens is 386 g/mol. The number of para-hydroxylation sites is 1. The van der Waals surface area contributed by atoms with Crippen molar-refractivity contribution in [2.24, 2.45) is 11.8 Å². The van der Waals surface area contributed by atoms with Crippen molar-refractivity contribution in [3.63, 3.8) is 0 Å². The van der Waals surface area contributed by atoms with E-state index in [9.17, 15) is 9.59 Å². The van der Waals surface area contributed by atoms with Crippen molar-refractivity contribution < 1.29 is 23.6 Å². The Kier molecular flexibility index (Phi) is 4.58. The highest BCUT2D eigenvalue weighted by molar-refractivity contribution is 5.93. The molecule has 2 bridgehead atoms. The highest BCUT2D eigenvalue weighted by Crippen LogP contribution is 2.52. The summed E-state index contributed by atoms with van der Waals surface area (Å²) in [4.78, 5) is 29.8. The third-order valence-electron chi connectivity index (χ3n) is 6.10. The fourth-order valence-corrected chi connectivity index (χ4v) is 4.73. The summed E-state index contributed by atoms with van der Waals surface area (Å²) < 4.78 is 16.8. The second-order valence-corrected chi connectivity index (χ2v) is 8.01. The van der Waals surface area contributed by atoms with Gasteiger partial charge in [-0.05, 0) is 12.1 Å². The maximum atomic E-state index is 13.2. The average molecular weight is 409 g/mol. The molecule has 3 aliphatic heterocycles. The van der Waals surface area contributed by atoms with Crippen molar-refractivity contribution in [1.82, 2.24) is 15.0 Å². The van der Waals surface area contributed by atoms with Crippen LogP contribution in [0, 0.1) is 11.8 Å². The van der Waals surface area contributed by atoms with E-state index in [0.717, 1.165) is 5.75 Å². The zero-order chi connectivity index (χ0) is 20.7. The number of aromatic nitrogens is 1. The van der Waals surface area contributed by atoms with E-state index in [1.807, 2.05) is 42.5 Å². The normalized spacial score (nSPS) is 28.8. The molecule has 2 aromatic rings. The van der Waals surface area contributed by atoms with Crippen LogP contribution in [-0.2, 0) is 20.9 Å². The van der Waals surface area contributed by atoms with Gasteiger partial charge in [0.15, 0.2) is 0 Å². The van der Waals surface area contributed by atoms with E-state index in [1.165, 1.54) is 6.26 Å². The zero-order valence-electron chi connectivity index (χ0n) is 16.6. The van der Waals surface area contributed by atoms with Crippen LogP contribution in [0.25, 0.3) is 0 Å². The number of nitrogens with zero attached hydrogens (tertiary/aromatic N) is 3. The van der Waals surface area contributed by atoms with Crippen molar-refractivity contribution in [3.8, 4) is 5.75 Å². The van der Waals surface area contributed by atoms with E-state index in [0.29, 0.717) is 31.9 Å². The van der Waals surface area contributed by atoms with Crippen molar-refractivity contribution >= 4 is 11.8 Å². The number of ether oxygens (including phenoxy) is 2. The number of carbonyl (C=O) groups excluding carboxylic acids is 2. The number of hydrogen-bond acceptors (Lipinski definition) is 6. The number of carbonyl (C=O) groups is 2. The quantitative estimate of drug-likeness (QED) is 0.645. The maximum Gasteiger partial charge on any atom is 0.230 e. The van der Waals surface area contributed by atoms with Crippen LogP contribution in [0.15, 0.2) is 59.3 Å². The monoisotopic (exact) mass is 409 g/mol. The second-order valence-electron chi connectivity index (χ2n) is 8.01. The second kappa shape index (κ2) is 7.28. The van der Waals surface area contributed by atoms with E-state index < -0.39 is 17.4 Å². The molecule has 1 aromatic heterocycles. The van der Waals surface area contributed by atoms with Crippen molar-refractivity contribution in [1.29, 1.82) is 0 Å². The topological polar surface area (TPSA) is 85.1 Å². The van der Waals surface area contributed by atoms with Gasteiger partial charge in [0.25, 0.3) is 0 Å². The molecule has 2 saturated heterocycles. The van der Waals surface area contributed by atoms with Crippen molar-refractivity contribution in [2.75, 3.05) is 26.7 Å². The first-order valence-corrected chi connectivity index (χ1v) is 10.1. The molecule has 1 aromatic carbocycles. The van der Waals surface area contributed by atoms with Crippen LogP contribution < -0.4 is 4.74 Å². The van der Waals surface area contributed by atoms with E-state index >= 15 is 0 Å². The van der Waals surface area contributed by atoms with Crippen LogP contribution >= 0.6 is 0 Å². The van der Waals surface area contributed by atoms with Crippen LogP contribution in [0.4, 0.5) is 0 Å². The highest BCUT2D eigenvalue weighted by Gasteiger charge is 2.67. The molecule has 4 heterocycles. The fraction of sp³-hybridized carbons (Fsp3) is 0.409. The van der Waals surface area contributed by atoms with Gasteiger partial charge < -0.3 is 23.8 Å². The Morgan fingerprint density at radius 3 is 2.93 bits per heavy atom. The molecule has 0 N–H and O–H groups in total. The lowest BCUT2D eigenvalue weighted by Crippen LogP contribution is -2.44. The molecule has 0 radical (unpaired) electrons. The molecule has 30 heavy (non-hydrogen) atoms. The average Bonchev–Trinajstić information content (AvgIpc) is 3.51. The van der Waals surface area contributed by atoms with Crippen LogP contribution in [0.1, 0.15) is 5.69 Å². The largest absolute Gasteiger partial charge is 0.492 e. The number of hydrogen-bond donors (Lipinski definition) is 0. The Morgan fingerprint density at radius 2 is 2.17 bits per heavy atom. The molecule has 0 saturated carbocycles. The van der Waals surface area contributed by atoms with Gasteiger partial charge in [0.1, 0.15) is 29.9 Å². The van der Waals surface area contributed by atoms with Crippen LogP contribution in [0.5, 0.6) is 5.75 Å². The third-order valence-corrected chi connectivity index (χ3v) is 6.10. The number of benzene rings is 1. The van der Waals surface area contributed by atoms with Crippen LogP contribution in [-0.4, -0.2) is 65.2 Å². The number of likely N-dealkylation sites (tertiary alicyclic amines) is 1. The van der Waals surface area contributed by atoms with Gasteiger partial charge in [-0.1, -0.05) is 35.5 Å². The fourth-order valence-electron chi connectivity index (χ4n) is 4.73. The lowest BCUT2D eigenvalue weighted by molar-refractivity contribution is -0.142. The summed E-state index contributed by atoms with van der Waals surface area (Å²) in [6, 6.07) is 11.2. The van der Waals surface area contributed by atoms with E-state index in [4.69, 9.17) is 14.0 Å². The van der Waals surface area contributed by atoms with Gasteiger partial charge in [-0.25, -0.2) is 0 Å². The molecule has 8 nitrogen and oxygen atoms in total. The van der Waals surface area contributed by atoms with Gasteiger partial charge in [0.05, 0.1) is 37.6 Å². The number of rotatable bonds is 7. The minimum atomic E-state index is -0.719. The lowest BCUT2D eigenvalue weighted by Gasteiger charge is -2.27. The SMILES string of the molecule is CN(Cc1ccon1)C(=O)[C@@H]1[C@@H]2C=C[C@@]3(CN(CCOc4ccccc4)C(=O)[C@@H]13)O2. The molecule has 3 aliphatic rings. The Bertz CT molecular complexity index is 960. The zero-order valence-corrected chi connectivity index (χ0v) is 16.6. The first-order chi connectivity index (χ1) is 14.6. The Morgan fingerprint density at radius 1 is 1.33 bits per heavy atom. The number of fused-ring (bicyclic) bond motifs is 1. The van der Waals surface area contributed by atoms with Gasteiger partial charge >= 0.3 is 0 Å². The summed E-state index contributed by atoms with van der Waals surface area (Å²) in [5, 5.41) is 3.86. The maximum absolute atomic E-state index is 13.2. The minimum absolute atomic E-state index is 0.0494. The summed E-state index contributed by atoms with van der Waals surface area (Å²) in [6.45, 7) is 1.60. The summed E-state index contributed by atoms with van der Waals surface area (Å²) in [7, 11) is 1.71. The molecule has 2 fully saturated rings. The molecule has 2 amide bonds. The number of amides is 2. The highest BCUT2D eigenvalue weighted by atomic mass is 16.5.